The van der Waals surface area contributed by atoms with Gasteiger partial charge in [0.15, 0.2) is 0 Å². The smallest absolute Gasteiger partial charge is 0.299 e. The Labute approximate surface area is 99.8 Å². The van der Waals surface area contributed by atoms with Crippen LogP contribution in [0.1, 0.15) is 44.6 Å². The number of nitrogens with zero attached hydrogens (tertiary/aromatic N) is 3. The van der Waals surface area contributed by atoms with Gasteiger partial charge in [-0.2, -0.15) is 5.10 Å². The molecule has 0 fully saturated rings. The van der Waals surface area contributed by atoms with Crippen molar-refractivity contribution in [1.82, 2.24) is 9.78 Å². The molecular formula is C11H17N3O3. The first-order valence-corrected chi connectivity index (χ1v) is 5.62. The van der Waals surface area contributed by atoms with Crippen LogP contribution in [0.3, 0.4) is 0 Å². The summed E-state index contributed by atoms with van der Waals surface area (Å²) < 4.78 is 1.57. The molecular weight excluding hydrogens is 222 g/mol. The molecule has 0 N–H and O–H groups in total. The first-order chi connectivity index (χ1) is 7.88. The highest BCUT2D eigenvalue weighted by Gasteiger charge is 2.27. The number of carbonyl (C=O) groups is 1. The van der Waals surface area contributed by atoms with Crippen molar-refractivity contribution < 1.29 is 9.72 Å². The average Bonchev–Trinajstić information content (AvgIpc) is 2.55. The van der Waals surface area contributed by atoms with Crippen LogP contribution in [0.5, 0.6) is 0 Å². The maximum Gasteiger partial charge on any atom is 0.313 e. The number of aromatic nitrogens is 2. The fourth-order valence-electron chi connectivity index (χ4n) is 1.73. The summed E-state index contributed by atoms with van der Waals surface area (Å²) in [5, 5.41) is 15.1. The zero-order chi connectivity index (χ0) is 13.2. The predicted octanol–water partition coefficient (Wildman–Crippen LogP) is 2.20. The van der Waals surface area contributed by atoms with E-state index in [2.05, 4.69) is 5.10 Å². The molecule has 0 aliphatic heterocycles. The largest absolute Gasteiger partial charge is 0.313 e. The summed E-state index contributed by atoms with van der Waals surface area (Å²) in [6, 6.07) is 0.00190. The highest BCUT2D eigenvalue weighted by molar-refractivity contribution is 5.81. The first-order valence-electron chi connectivity index (χ1n) is 5.62. The van der Waals surface area contributed by atoms with E-state index in [1.807, 2.05) is 13.8 Å². The maximum atomic E-state index is 11.5. The summed E-state index contributed by atoms with van der Waals surface area (Å²) in [5.74, 6) is -0.0186. The number of nitro groups is 1. The second-order valence-electron chi connectivity index (χ2n) is 4.25. The molecule has 0 saturated carbocycles. The molecule has 0 amide bonds. The predicted molar refractivity (Wildman–Crippen MR) is 63.0 cm³/mol. The second-order valence-corrected chi connectivity index (χ2v) is 4.25. The van der Waals surface area contributed by atoms with Crippen molar-refractivity contribution in [3.8, 4) is 0 Å². The zero-order valence-electron chi connectivity index (χ0n) is 10.6. The van der Waals surface area contributed by atoms with Crippen molar-refractivity contribution in [2.45, 2.75) is 46.6 Å². The molecule has 6 nitrogen and oxygen atoms in total. The minimum atomic E-state index is -0.459. The van der Waals surface area contributed by atoms with Crippen molar-refractivity contribution in [3.63, 3.8) is 0 Å². The maximum absolute atomic E-state index is 11.5. The summed E-state index contributed by atoms with van der Waals surface area (Å²) in [7, 11) is 0. The molecule has 0 aromatic carbocycles. The van der Waals surface area contributed by atoms with Crippen LogP contribution < -0.4 is 0 Å². The number of carbonyl (C=O) groups excluding carboxylic acids is 1. The lowest BCUT2D eigenvalue weighted by Gasteiger charge is -2.09. The first kappa shape index (κ1) is 13.3. The van der Waals surface area contributed by atoms with E-state index in [0.29, 0.717) is 17.8 Å². The minimum Gasteiger partial charge on any atom is -0.299 e. The van der Waals surface area contributed by atoms with Gasteiger partial charge in [-0.1, -0.05) is 6.92 Å². The van der Waals surface area contributed by atoms with Crippen LogP contribution in [0.25, 0.3) is 0 Å². The van der Waals surface area contributed by atoms with E-state index < -0.39 is 4.92 Å². The van der Waals surface area contributed by atoms with Gasteiger partial charge in [0.2, 0.25) is 0 Å². The van der Waals surface area contributed by atoms with Crippen molar-refractivity contribution in [2.24, 2.45) is 0 Å². The van der Waals surface area contributed by atoms with E-state index in [4.69, 9.17) is 0 Å². The Bertz CT molecular complexity index is 449. The second kappa shape index (κ2) is 5.07. The summed E-state index contributed by atoms with van der Waals surface area (Å²) in [6.45, 7) is 7.11. The molecule has 0 bridgehead atoms. The molecule has 1 rings (SSSR count). The minimum absolute atomic E-state index is 0.00190. The lowest BCUT2D eigenvalue weighted by Crippen LogP contribution is -2.12. The Morgan fingerprint density at radius 3 is 2.53 bits per heavy atom. The van der Waals surface area contributed by atoms with Gasteiger partial charge >= 0.3 is 5.69 Å². The van der Waals surface area contributed by atoms with E-state index in [1.54, 1.807) is 18.5 Å². The van der Waals surface area contributed by atoms with E-state index in [-0.39, 0.29) is 23.9 Å². The van der Waals surface area contributed by atoms with Crippen molar-refractivity contribution in [1.29, 1.82) is 0 Å². The molecule has 0 unspecified atom stereocenters. The number of Topliss-reactive ketones (excluding diaryl/α,β-unsaturated/α-hetero) is 1. The van der Waals surface area contributed by atoms with Gasteiger partial charge in [0.05, 0.1) is 11.3 Å². The zero-order valence-corrected chi connectivity index (χ0v) is 10.6. The Kier molecular flexibility index (Phi) is 3.98. The van der Waals surface area contributed by atoms with Crippen LogP contribution in [0, 0.1) is 17.0 Å². The highest BCUT2D eigenvalue weighted by atomic mass is 16.6. The van der Waals surface area contributed by atoms with Crippen LogP contribution in [-0.4, -0.2) is 20.5 Å². The van der Waals surface area contributed by atoms with Gasteiger partial charge in [-0.25, -0.2) is 0 Å². The Morgan fingerprint density at radius 2 is 2.12 bits per heavy atom. The molecule has 0 atom stereocenters. The van der Waals surface area contributed by atoms with Gasteiger partial charge in [-0.3, -0.25) is 19.6 Å². The van der Waals surface area contributed by atoms with Gasteiger partial charge in [0.25, 0.3) is 0 Å². The lowest BCUT2D eigenvalue weighted by atomic mass is 10.1. The van der Waals surface area contributed by atoms with Crippen molar-refractivity contribution >= 4 is 11.5 Å². The number of hydrogen-bond acceptors (Lipinski definition) is 4. The summed E-state index contributed by atoms with van der Waals surface area (Å²) in [5.41, 5.74) is 0.748. The molecule has 17 heavy (non-hydrogen) atoms. The van der Waals surface area contributed by atoms with Crippen molar-refractivity contribution in [3.05, 3.63) is 21.5 Å². The van der Waals surface area contributed by atoms with Gasteiger partial charge in [-0.05, 0) is 20.8 Å². The van der Waals surface area contributed by atoms with Crippen LogP contribution in [0.15, 0.2) is 0 Å². The SMILES string of the molecule is CCC(=O)Cc1c([N+](=O)[O-])c(C)nn1C(C)C. The van der Waals surface area contributed by atoms with E-state index >= 15 is 0 Å². The van der Waals surface area contributed by atoms with Gasteiger partial charge in [-0.15, -0.1) is 0 Å². The van der Waals surface area contributed by atoms with Gasteiger partial charge in [0.1, 0.15) is 17.2 Å². The molecule has 0 saturated heterocycles. The van der Waals surface area contributed by atoms with Crippen LogP contribution >= 0.6 is 0 Å². The lowest BCUT2D eigenvalue weighted by molar-refractivity contribution is -0.386. The number of hydrogen-bond donors (Lipinski definition) is 0. The average molecular weight is 239 g/mol. The van der Waals surface area contributed by atoms with Crippen molar-refractivity contribution in [2.75, 3.05) is 0 Å². The standard InChI is InChI=1S/C11H17N3O3/c1-5-9(15)6-10-11(14(16)17)8(4)12-13(10)7(2)3/h7H,5-6H2,1-4H3. The Morgan fingerprint density at radius 1 is 1.53 bits per heavy atom. The number of ketones is 1. The Balaban J connectivity index is 3.30. The monoisotopic (exact) mass is 239 g/mol. The normalized spacial score (nSPS) is 10.9. The topological polar surface area (TPSA) is 78.0 Å². The third-order valence-corrected chi connectivity index (χ3v) is 2.58. The van der Waals surface area contributed by atoms with Crippen LogP contribution in [-0.2, 0) is 11.2 Å². The molecule has 0 aliphatic carbocycles. The molecule has 1 heterocycles. The molecule has 0 spiro atoms. The fourth-order valence-corrected chi connectivity index (χ4v) is 1.73. The molecule has 6 heteroatoms. The van der Waals surface area contributed by atoms with Crippen LogP contribution in [0.2, 0.25) is 0 Å². The van der Waals surface area contributed by atoms with E-state index in [1.165, 1.54) is 0 Å². The highest BCUT2D eigenvalue weighted by Crippen LogP contribution is 2.26. The molecule has 0 aliphatic rings. The third kappa shape index (κ3) is 2.69. The van der Waals surface area contributed by atoms with E-state index in [9.17, 15) is 14.9 Å². The summed E-state index contributed by atoms with van der Waals surface area (Å²) in [4.78, 5) is 22.0. The molecule has 1 aromatic rings. The molecule has 0 radical (unpaired) electrons. The van der Waals surface area contributed by atoms with Gasteiger partial charge < -0.3 is 0 Å². The van der Waals surface area contributed by atoms with Crippen LogP contribution in [0.4, 0.5) is 5.69 Å². The fraction of sp³-hybridized carbons (Fsp3) is 0.636. The van der Waals surface area contributed by atoms with E-state index in [0.717, 1.165) is 0 Å². The third-order valence-electron chi connectivity index (χ3n) is 2.58. The van der Waals surface area contributed by atoms with Gasteiger partial charge in [0, 0.05) is 12.5 Å². The Hall–Kier alpha value is -1.72. The summed E-state index contributed by atoms with van der Waals surface area (Å²) in [6.07, 6.45) is 0.450. The quantitative estimate of drug-likeness (QED) is 0.583. The molecule has 94 valence electrons. The summed E-state index contributed by atoms with van der Waals surface area (Å²) >= 11 is 0. The molecule has 1 aromatic heterocycles. The number of rotatable bonds is 5. The number of aryl methyl sites for hydroxylation is 1.